The number of nitrogens with zero attached hydrogens (tertiary/aromatic N) is 1. The molecule has 59 heavy (non-hydrogen) atoms. The topological polar surface area (TPSA) is 3.24 Å². The lowest BCUT2D eigenvalue weighted by Crippen LogP contribution is -2.16. The van der Waals surface area contributed by atoms with Crippen LogP contribution in [0, 0.1) is 0 Å². The van der Waals surface area contributed by atoms with Gasteiger partial charge in [-0.1, -0.05) is 184 Å². The molecule has 13 rings (SSSR count). The van der Waals surface area contributed by atoms with Gasteiger partial charge in [0, 0.05) is 22.2 Å². The molecule has 0 aliphatic heterocycles. The standard InChI is InChI=1S/C58H41N/c1-58(2)51-25-10-8-22-49(51)57-52(58)26-14-28-54(57)59(53-27-11-9-19-43(53)38-15-4-3-5-16-38)42-32-29-37(30-33-42)39-31-34-45-48-24-12-17-40-35-41-18-13-23-47(56(41)50(45)36-39)44-20-6-7-21-46(44)55(40)48/h3-34,36H,35H2,1-2H3. The Morgan fingerprint density at radius 3 is 1.64 bits per heavy atom. The van der Waals surface area contributed by atoms with Gasteiger partial charge in [-0.2, -0.15) is 0 Å². The van der Waals surface area contributed by atoms with Crippen LogP contribution in [0.15, 0.2) is 200 Å². The van der Waals surface area contributed by atoms with Crippen molar-refractivity contribution in [3.8, 4) is 77.9 Å². The van der Waals surface area contributed by atoms with Crippen molar-refractivity contribution in [2.45, 2.75) is 25.7 Å². The number of rotatable bonds is 5. The third-order valence-corrected chi connectivity index (χ3v) is 13.3. The third kappa shape index (κ3) is 5.04. The summed E-state index contributed by atoms with van der Waals surface area (Å²) in [5.41, 5.74) is 26.9. The number of para-hydroxylation sites is 1. The first kappa shape index (κ1) is 33.9. The minimum atomic E-state index is -0.107. The molecule has 278 valence electrons. The fraction of sp³-hybridized carbons (Fsp3) is 0.0690. The molecule has 0 saturated carbocycles. The quantitative estimate of drug-likeness (QED) is 0.169. The molecule has 0 heterocycles. The minimum Gasteiger partial charge on any atom is -0.309 e. The Morgan fingerprint density at radius 1 is 0.339 bits per heavy atom. The highest BCUT2D eigenvalue weighted by atomic mass is 15.1. The molecule has 0 amide bonds. The van der Waals surface area contributed by atoms with Crippen molar-refractivity contribution in [2.75, 3.05) is 4.90 Å². The van der Waals surface area contributed by atoms with E-state index in [4.69, 9.17) is 0 Å². The highest BCUT2D eigenvalue weighted by Crippen LogP contribution is 2.56. The summed E-state index contributed by atoms with van der Waals surface area (Å²) in [5, 5.41) is 0. The summed E-state index contributed by atoms with van der Waals surface area (Å²) in [7, 11) is 0. The molecule has 1 heteroatoms. The van der Waals surface area contributed by atoms with Gasteiger partial charge in [-0.25, -0.2) is 0 Å². The van der Waals surface area contributed by atoms with Crippen molar-refractivity contribution in [3.05, 3.63) is 222 Å². The zero-order valence-electron chi connectivity index (χ0n) is 33.2. The van der Waals surface area contributed by atoms with Crippen molar-refractivity contribution in [1.82, 2.24) is 0 Å². The summed E-state index contributed by atoms with van der Waals surface area (Å²) in [5.74, 6) is 0. The lowest BCUT2D eigenvalue weighted by Gasteiger charge is -2.31. The van der Waals surface area contributed by atoms with Crippen molar-refractivity contribution < 1.29 is 0 Å². The number of benzene rings is 9. The van der Waals surface area contributed by atoms with Crippen LogP contribution in [0.2, 0.25) is 0 Å². The molecule has 0 spiro atoms. The molecule has 6 bridgehead atoms. The first-order valence-electron chi connectivity index (χ1n) is 20.8. The monoisotopic (exact) mass is 751 g/mol. The maximum Gasteiger partial charge on any atom is 0.0543 e. The van der Waals surface area contributed by atoms with Crippen molar-refractivity contribution in [3.63, 3.8) is 0 Å². The summed E-state index contributed by atoms with van der Waals surface area (Å²) in [6.07, 6.45) is 0.921. The Labute approximate surface area is 346 Å². The Kier molecular flexibility index (Phi) is 7.40. The molecule has 9 aromatic carbocycles. The molecular weight excluding hydrogens is 711 g/mol. The van der Waals surface area contributed by atoms with Crippen LogP contribution in [0.5, 0.6) is 0 Å². The van der Waals surface area contributed by atoms with Gasteiger partial charge in [0.05, 0.1) is 11.4 Å². The van der Waals surface area contributed by atoms with Crippen LogP contribution in [-0.2, 0) is 11.8 Å². The summed E-state index contributed by atoms with van der Waals surface area (Å²) in [6.45, 7) is 4.72. The highest BCUT2D eigenvalue weighted by molar-refractivity contribution is 6.07. The molecule has 4 aliphatic rings. The van der Waals surface area contributed by atoms with Gasteiger partial charge in [-0.15, -0.1) is 0 Å². The number of anilines is 3. The third-order valence-electron chi connectivity index (χ3n) is 13.3. The van der Waals surface area contributed by atoms with Gasteiger partial charge in [0.1, 0.15) is 0 Å². The lowest BCUT2D eigenvalue weighted by atomic mass is 9.73. The van der Waals surface area contributed by atoms with E-state index in [9.17, 15) is 0 Å². The molecule has 0 atom stereocenters. The molecule has 0 radical (unpaired) electrons. The van der Waals surface area contributed by atoms with Crippen LogP contribution in [0.25, 0.3) is 77.9 Å². The van der Waals surface area contributed by atoms with Gasteiger partial charge < -0.3 is 4.90 Å². The van der Waals surface area contributed by atoms with Crippen LogP contribution in [-0.4, -0.2) is 0 Å². The van der Waals surface area contributed by atoms with Gasteiger partial charge in [0.2, 0.25) is 0 Å². The normalized spacial score (nSPS) is 13.3. The van der Waals surface area contributed by atoms with Gasteiger partial charge in [-0.05, 0) is 126 Å². The fourth-order valence-corrected chi connectivity index (χ4v) is 10.5. The van der Waals surface area contributed by atoms with Crippen LogP contribution in [0.4, 0.5) is 17.1 Å². The van der Waals surface area contributed by atoms with Gasteiger partial charge in [0.25, 0.3) is 0 Å². The van der Waals surface area contributed by atoms with Crippen LogP contribution < -0.4 is 4.90 Å². The zero-order valence-corrected chi connectivity index (χ0v) is 33.2. The predicted octanol–water partition coefficient (Wildman–Crippen LogP) is 15.7. The van der Waals surface area contributed by atoms with E-state index >= 15 is 0 Å². The van der Waals surface area contributed by atoms with E-state index in [1.54, 1.807) is 0 Å². The first-order valence-corrected chi connectivity index (χ1v) is 20.8. The smallest absolute Gasteiger partial charge is 0.0543 e. The molecular formula is C58H41N. The summed E-state index contributed by atoms with van der Waals surface area (Å²) in [6, 6.07) is 74.7. The maximum absolute atomic E-state index is 2.49. The number of hydrogen-bond donors (Lipinski definition) is 0. The minimum absolute atomic E-state index is 0.107. The van der Waals surface area contributed by atoms with E-state index in [2.05, 4.69) is 219 Å². The zero-order chi connectivity index (χ0) is 39.2. The second-order valence-electron chi connectivity index (χ2n) is 16.8. The summed E-state index contributed by atoms with van der Waals surface area (Å²) < 4.78 is 0. The van der Waals surface area contributed by atoms with E-state index in [1.807, 2.05) is 0 Å². The van der Waals surface area contributed by atoms with Crippen LogP contribution in [0.3, 0.4) is 0 Å². The lowest BCUT2D eigenvalue weighted by molar-refractivity contribution is 0.660. The maximum atomic E-state index is 2.49. The molecule has 0 N–H and O–H groups in total. The van der Waals surface area contributed by atoms with E-state index < -0.39 is 0 Å². The molecule has 0 aromatic heterocycles. The Morgan fingerprint density at radius 2 is 0.881 bits per heavy atom. The van der Waals surface area contributed by atoms with Gasteiger partial charge in [-0.3, -0.25) is 0 Å². The van der Waals surface area contributed by atoms with Crippen LogP contribution >= 0.6 is 0 Å². The van der Waals surface area contributed by atoms with Gasteiger partial charge in [0.15, 0.2) is 0 Å². The summed E-state index contributed by atoms with van der Waals surface area (Å²) in [4.78, 5) is 2.49. The second-order valence-corrected chi connectivity index (χ2v) is 16.8. The van der Waals surface area contributed by atoms with Crippen molar-refractivity contribution in [2.24, 2.45) is 0 Å². The number of fused-ring (bicyclic) bond motifs is 3. The average molecular weight is 752 g/mol. The fourth-order valence-electron chi connectivity index (χ4n) is 10.5. The van der Waals surface area contributed by atoms with E-state index in [1.165, 1.54) is 106 Å². The SMILES string of the molecule is CC1(C)c2ccccc2-c2c(N(c3ccc(-c4ccc5c(c4)-c4c6cccc4-c4ccccc4-c4c(cccc4-5)C6)cc3)c3ccccc3-c3ccccc3)cccc21. The largest absolute Gasteiger partial charge is 0.309 e. The molecule has 0 unspecified atom stereocenters. The van der Waals surface area contributed by atoms with Crippen molar-refractivity contribution in [1.29, 1.82) is 0 Å². The second kappa shape index (κ2) is 12.9. The van der Waals surface area contributed by atoms with Gasteiger partial charge >= 0.3 is 0 Å². The van der Waals surface area contributed by atoms with Crippen LogP contribution in [0.1, 0.15) is 36.1 Å². The molecule has 1 nitrogen and oxygen atoms in total. The molecule has 0 saturated heterocycles. The average Bonchev–Trinajstić information content (AvgIpc) is 3.52. The Balaban J connectivity index is 1.04. The first-order chi connectivity index (χ1) is 29.0. The van der Waals surface area contributed by atoms with E-state index in [-0.39, 0.29) is 5.41 Å². The summed E-state index contributed by atoms with van der Waals surface area (Å²) >= 11 is 0. The molecule has 0 fully saturated rings. The Bertz CT molecular complexity index is 3140. The van der Waals surface area contributed by atoms with E-state index in [0.717, 1.165) is 17.8 Å². The van der Waals surface area contributed by atoms with Crippen molar-refractivity contribution >= 4 is 17.1 Å². The molecule has 9 aromatic rings. The molecule has 4 aliphatic carbocycles. The number of hydrogen-bond acceptors (Lipinski definition) is 1. The highest BCUT2D eigenvalue weighted by Gasteiger charge is 2.38. The Hall–Kier alpha value is -7.22. The predicted molar refractivity (Wildman–Crippen MR) is 248 cm³/mol. The van der Waals surface area contributed by atoms with E-state index in [0.29, 0.717) is 0 Å².